The van der Waals surface area contributed by atoms with Crippen molar-refractivity contribution in [2.45, 2.75) is 27.7 Å². The molecule has 0 radical (unpaired) electrons. The van der Waals surface area contributed by atoms with Crippen molar-refractivity contribution in [3.05, 3.63) is 69.6 Å². The zero-order valence-electron chi connectivity index (χ0n) is 14.6. The van der Waals surface area contributed by atoms with Crippen LogP contribution in [0.3, 0.4) is 0 Å². The molecule has 0 aliphatic heterocycles. The minimum Gasteiger partial charge on any atom is -0.696 e. The molecule has 0 aliphatic carbocycles. The summed E-state index contributed by atoms with van der Waals surface area (Å²) in [6.07, 6.45) is 0. The molecule has 0 atom stereocenters. The molecule has 2 rings (SSSR count). The van der Waals surface area contributed by atoms with E-state index in [1.54, 1.807) is 52.0 Å². The Hall–Kier alpha value is -1.91. The first-order valence-electron chi connectivity index (χ1n) is 6.60. The molecule has 2 aromatic heterocycles. The van der Waals surface area contributed by atoms with Crippen molar-refractivity contribution in [3.8, 4) is 10.8 Å². The van der Waals surface area contributed by atoms with Crippen LogP contribution in [0.25, 0.3) is 0 Å². The Labute approximate surface area is 175 Å². The maximum Gasteiger partial charge on any atom is 2.00 e. The number of aryl methyl sites for hydroxylation is 4. The van der Waals surface area contributed by atoms with Crippen molar-refractivity contribution < 1.29 is 9.46 Å². The van der Waals surface area contributed by atoms with Crippen LogP contribution in [-0.2, 0) is 25.3 Å². The zero-order valence-corrected chi connectivity index (χ0v) is 17.6. The summed E-state index contributed by atoms with van der Waals surface area (Å²) in [5, 5.41) is 38.7. The topological polar surface area (TPSA) is 101 Å². The molecule has 0 N–H and O–H groups in total. The Balaban J connectivity index is -0.000000287. The molecular weight excluding hydrogens is 369 g/mol. The molecule has 0 aliphatic rings. The maximum atomic E-state index is 10.9. The van der Waals surface area contributed by atoms with Gasteiger partial charge in [-0.2, -0.15) is 9.46 Å². The average Bonchev–Trinajstić information content (AvgIpc) is 2.52. The first-order chi connectivity index (χ1) is 11.3. The van der Waals surface area contributed by atoms with Crippen molar-refractivity contribution in [3.63, 3.8) is 0 Å². The van der Waals surface area contributed by atoms with Crippen LogP contribution in [0.4, 0.5) is 0 Å². The maximum absolute atomic E-state index is 10.9. The molecule has 0 saturated heterocycles. The smallest absolute Gasteiger partial charge is 0.696 e. The first-order valence-corrected chi connectivity index (χ1v) is 7.42. The zero-order chi connectivity index (χ0) is 19.1. The fraction of sp³-hybridized carbons (Fsp3) is 0.250. The van der Waals surface area contributed by atoms with Gasteiger partial charge in [0.05, 0.1) is 0 Å². The molecule has 0 amide bonds. The summed E-state index contributed by atoms with van der Waals surface area (Å²) in [6.45, 7) is 7.17. The van der Waals surface area contributed by atoms with Gasteiger partial charge in [-0.05, 0) is 12.1 Å². The predicted octanol–water partition coefficient (Wildman–Crippen LogP) is 1.52. The van der Waals surface area contributed by atoms with Gasteiger partial charge in [-0.1, -0.05) is 10.8 Å². The van der Waals surface area contributed by atoms with Crippen LogP contribution < -0.4 is 9.46 Å². The molecule has 25 heavy (non-hydrogen) atoms. The van der Waals surface area contributed by atoms with E-state index < -0.39 is 0 Å². The molecule has 9 heteroatoms. The Morgan fingerprint density at radius 2 is 0.880 bits per heavy atom. The van der Waals surface area contributed by atoms with Crippen LogP contribution in [0.15, 0.2) is 36.4 Å². The Kier molecular flexibility index (Phi) is 18.9. The second-order valence-corrected chi connectivity index (χ2v) is 4.75. The summed E-state index contributed by atoms with van der Waals surface area (Å²) in [7, 11) is 0. The van der Waals surface area contributed by atoms with Gasteiger partial charge in [0.25, 0.3) is 0 Å². The van der Waals surface area contributed by atoms with Crippen molar-refractivity contribution in [1.29, 1.82) is 10.5 Å². The minimum atomic E-state index is 0. The molecule has 0 aromatic carbocycles. The van der Waals surface area contributed by atoms with E-state index in [0.717, 1.165) is 32.2 Å². The Morgan fingerprint density at radius 1 is 0.720 bits per heavy atom. The molecule has 0 fully saturated rings. The summed E-state index contributed by atoms with van der Waals surface area (Å²) in [6, 6.07) is 10.9. The van der Waals surface area contributed by atoms with Gasteiger partial charge in [-0.3, -0.25) is 0 Å². The van der Waals surface area contributed by atoms with Gasteiger partial charge in [0.1, 0.15) is 0 Å². The fourth-order valence-corrected chi connectivity index (χ4v) is 1.48. The van der Waals surface area contributed by atoms with Crippen LogP contribution in [0.5, 0.6) is 0 Å². The third-order valence-electron chi connectivity index (χ3n) is 2.63. The molecule has 2 aromatic rings. The summed E-state index contributed by atoms with van der Waals surface area (Å²) in [5.41, 5.74) is 2.98. The van der Waals surface area contributed by atoms with Crippen LogP contribution in [0.1, 0.15) is 22.8 Å². The van der Waals surface area contributed by atoms with Gasteiger partial charge in [0.15, 0.2) is 22.8 Å². The number of rotatable bonds is 0. The molecule has 128 valence electrons. The van der Waals surface area contributed by atoms with Gasteiger partial charge in [-0.25, -0.2) is 10.5 Å². The fourth-order valence-electron chi connectivity index (χ4n) is 1.48. The number of aromatic nitrogens is 2. The van der Waals surface area contributed by atoms with E-state index in [-0.39, 0.29) is 23.1 Å². The molecule has 0 unspecified atom stereocenters. The van der Waals surface area contributed by atoms with Crippen molar-refractivity contribution in [2.75, 3.05) is 0 Å². The molecule has 0 bridgehead atoms. The van der Waals surface area contributed by atoms with E-state index in [1.165, 1.54) is 10.8 Å². The average molecular weight is 387 g/mol. The number of nitriles is 2. The van der Waals surface area contributed by atoms with E-state index in [4.69, 9.17) is 10.5 Å². The van der Waals surface area contributed by atoms with E-state index in [9.17, 15) is 10.4 Å². The number of pyridine rings is 2. The molecule has 0 saturated carbocycles. The van der Waals surface area contributed by atoms with Crippen molar-refractivity contribution >= 4 is 48.3 Å². The van der Waals surface area contributed by atoms with Crippen LogP contribution >= 0.6 is 0 Å². The third kappa shape index (κ3) is 13.1. The molecule has 6 nitrogen and oxygen atoms in total. The SMILES string of the molecule is Cc1cccc(C)[n+]1[O-].Cc1cccc(C)[n+]1[O-].N#C[S-].N#C[S-].[Mg+2]. The van der Waals surface area contributed by atoms with Gasteiger partial charge in [-0.15, -0.1) is 0 Å². The molecule has 2 heterocycles. The second kappa shape index (κ2) is 16.9. The summed E-state index contributed by atoms with van der Waals surface area (Å²) < 4.78 is 1.83. The van der Waals surface area contributed by atoms with Crippen molar-refractivity contribution in [2.24, 2.45) is 0 Å². The third-order valence-corrected chi connectivity index (χ3v) is 2.63. The van der Waals surface area contributed by atoms with E-state index in [0.29, 0.717) is 0 Å². The minimum absolute atomic E-state index is 0. The van der Waals surface area contributed by atoms with E-state index in [1.807, 2.05) is 12.1 Å². The number of thiocyanates is 2. The van der Waals surface area contributed by atoms with Gasteiger partial charge in [0, 0.05) is 52.0 Å². The molecule has 0 spiro atoms. The van der Waals surface area contributed by atoms with Crippen LogP contribution in [0.2, 0.25) is 0 Å². The monoisotopic (exact) mass is 386 g/mol. The largest absolute Gasteiger partial charge is 2.00 e. The second-order valence-electron chi connectivity index (χ2n) is 4.39. The van der Waals surface area contributed by atoms with Gasteiger partial charge in [0.2, 0.25) is 0 Å². The number of hydrogen-bond donors (Lipinski definition) is 0. The van der Waals surface area contributed by atoms with Gasteiger partial charge < -0.3 is 35.7 Å². The summed E-state index contributed by atoms with van der Waals surface area (Å²) in [4.78, 5) is 0. The summed E-state index contributed by atoms with van der Waals surface area (Å²) in [5.74, 6) is 0. The van der Waals surface area contributed by atoms with Gasteiger partial charge >= 0.3 is 23.1 Å². The standard InChI is InChI=1S/2C7H9NO.2CHNS.Mg/c2*1-6-4-3-5-7(2)8(6)9;2*2-1-3;/h2*3-5H,1-2H3;2*3H;/q;;;;+2/p-2. The van der Waals surface area contributed by atoms with Crippen molar-refractivity contribution in [1.82, 2.24) is 0 Å². The number of nitrogens with zero attached hydrogens (tertiary/aromatic N) is 4. The number of hydrogen-bond acceptors (Lipinski definition) is 6. The quantitative estimate of drug-likeness (QED) is 0.224. The predicted molar refractivity (Wildman–Crippen MR) is 101 cm³/mol. The summed E-state index contributed by atoms with van der Waals surface area (Å²) >= 11 is 7.40. The Bertz CT molecular complexity index is 614. The first kappa shape index (κ1) is 27.9. The Morgan fingerprint density at radius 3 is 1.00 bits per heavy atom. The van der Waals surface area contributed by atoms with E-state index >= 15 is 0 Å². The molecular formula is C16H18MgN4O2S2. The van der Waals surface area contributed by atoms with Crippen LogP contribution in [0, 0.1) is 59.4 Å². The van der Waals surface area contributed by atoms with E-state index in [2.05, 4.69) is 25.3 Å². The normalized spacial score (nSPS) is 7.44. The van der Waals surface area contributed by atoms with Crippen LogP contribution in [-0.4, -0.2) is 23.1 Å².